The van der Waals surface area contributed by atoms with E-state index < -0.39 is 15.8 Å². The molecule has 0 N–H and O–H groups in total. The average molecular weight is 443 g/mol. The van der Waals surface area contributed by atoms with Gasteiger partial charge in [-0.15, -0.1) is 0 Å². The molecule has 0 unspecified atom stereocenters. The van der Waals surface area contributed by atoms with Crippen molar-refractivity contribution in [2.75, 3.05) is 26.2 Å². The molecule has 1 aliphatic heterocycles. The van der Waals surface area contributed by atoms with Crippen LogP contribution in [0.3, 0.4) is 0 Å². The molecule has 10 heteroatoms. The van der Waals surface area contributed by atoms with E-state index in [4.69, 9.17) is 11.6 Å². The van der Waals surface area contributed by atoms with Gasteiger partial charge in [0.1, 0.15) is 10.7 Å². The maximum Gasteiger partial charge on any atom is 0.253 e. The summed E-state index contributed by atoms with van der Waals surface area (Å²) in [5, 5.41) is 4.25. The molecule has 1 fully saturated rings. The normalized spacial score (nSPS) is 15.9. The molecule has 0 saturated carbocycles. The van der Waals surface area contributed by atoms with Crippen LogP contribution in [0.1, 0.15) is 41.6 Å². The molecule has 29 heavy (non-hydrogen) atoms. The molecular weight excluding hydrogens is 419 g/mol. The zero-order valence-electron chi connectivity index (χ0n) is 16.8. The SMILES string of the molecule is Cc1nn(C(C)C)c(C)c1S(=O)(=O)N1CCN(C(=O)c2ccc(F)c(Cl)c2)CC1. The van der Waals surface area contributed by atoms with E-state index in [-0.39, 0.29) is 53.6 Å². The van der Waals surface area contributed by atoms with Crippen LogP contribution in [0.5, 0.6) is 0 Å². The van der Waals surface area contributed by atoms with E-state index >= 15 is 0 Å². The van der Waals surface area contributed by atoms with Gasteiger partial charge in [0.05, 0.1) is 16.4 Å². The van der Waals surface area contributed by atoms with E-state index in [0.717, 1.165) is 6.07 Å². The smallest absolute Gasteiger partial charge is 0.253 e. The number of piperazine rings is 1. The van der Waals surface area contributed by atoms with Crippen LogP contribution < -0.4 is 0 Å². The van der Waals surface area contributed by atoms with E-state index in [9.17, 15) is 17.6 Å². The number of hydrogen-bond acceptors (Lipinski definition) is 4. The third-order valence-electron chi connectivity index (χ3n) is 5.04. The van der Waals surface area contributed by atoms with Gasteiger partial charge in [-0.05, 0) is 45.9 Å². The highest BCUT2D eigenvalue weighted by molar-refractivity contribution is 7.89. The minimum absolute atomic E-state index is 0.0506. The minimum atomic E-state index is -3.72. The second-order valence-corrected chi connectivity index (χ2v) is 9.65. The zero-order valence-corrected chi connectivity index (χ0v) is 18.4. The molecule has 1 aliphatic rings. The van der Waals surface area contributed by atoms with Crippen molar-refractivity contribution in [2.45, 2.75) is 38.6 Å². The molecule has 1 saturated heterocycles. The number of aryl methyl sites for hydroxylation is 1. The van der Waals surface area contributed by atoms with Crippen molar-refractivity contribution < 1.29 is 17.6 Å². The standard InChI is InChI=1S/C19H24ClFN4O3S/c1-12(2)25-14(4)18(13(3)22-25)29(27,28)24-9-7-23(8-10-24)19(26)15-5-6-17(21)16(20)11-15/h5-6,11-12H,7-10H2,1-4H3. The lowest BCUT2D eigenvalue weighted by Crippen LogP contribution is -2.50. The molecule has 1 aromatic carbocycles. The summed E-state index contributed by atoms with van der Waals surface area (Å²) in [5.41, 5.74) is 1.35. The van der Waals surface area contributed by atoms with Crippen molar-refractivity contribution >= 4 is 27.5 Å². The zero-order chi connectivity index (χ0) is 21.5. The summed E-state index contributed by atoms with van der Waals surface area (Å²) in [6.07, 6.45) is 0. The van der Waals surface area contributed by atoms with E-state index in [0.29, 0.717) is 11.4 Å². The third kappa shape index (κ3) is 4.04. The molecular formula is C19H24ClFN4O3S. The van der Waals surface area contributed by atoms with Crippen LogP contribution in [0.4, 0.5) is 4.39 Å². The van der Waals surface area contributed by atoms with Crippen molar-refractivity contribution in [3.8, 4) is 0 Å². The van der Waals surface area contributed by atoms with E-state index in [1.807, 2.05) is 13.8 Å². The Hall–Kier alpha value is -1.97. The lowest BCUT2D eigenvalue weighted by molar-refractivity contribution is 0.0697. The molecule has 158 valence electrons. The molecule has 3 rings (SSSR count). The van der Waals surface area contributed by atoms with Gasteiger partial charge in [0.2, 0.25) is 10.0 Å². The van der Waals surface area contributed by atoms with Crippen LogP contribution in [0.2, 0.25) is 5.02 Å². The maximum absolute atomic E-state index is 13.3. The molecule has 7 nitrogen and oxygen atoms in total. The predicted molar refractivity (Wildman–Crippen MR) is 108 cm³/mol. The van der Waals surface area contributed by atoms with Gasteiger partial charge in [0, 0.05) is 37.8 Å². The Morgan fingerprint density at radius 3 is 2.31 bits per heavy atom. The molecule has 1 amide bonds. The first kappa shape index (κ1) is 21.7. The van der Waals surface area contributed by atoms with Gasteiger partial charge >= 0.3 is 0 Å². The van der Waals surface area contributed by atoms with E-state index in [1.165, 1.54) is 16.4 Å². The van der Waals surface area contributed by atoms with Gasteiger partial charge in [-0.25, -0.2) is 12.8 Å². The van der Waals surface area contributed by atoms with Crippen LogP contribution in [0.15, 0.2) is 23.1 Å². The largest absolute Gasteiger partial charge is 0.336 e. The van der Waals surface area contributed by atoms with Gasteiger partial charge < -0.3 is 4.90 Å². The number of rotatable bonds is 4. The average Bonchev–Trinajstić information content (AvgIpc) is 2.98. The molecule has 2 heterocycles. The van der Waals surface area contributed by atoms with Crippen LogP contribution in [-0.4, -0.2) is 59.5 Å². The fourth-order valence-electron chi connectivity index (χ4n) is 3.60. The number of benzene rings is 1. The number of nitrogens with zero attached hydrogens (tertiary/aromatic N) is 4. The maximum atomic E-state index is 13.3. The minimum Gasteiger partial charge on any atom is -0.336 e. The van der Waals surface area contributed by atoms with Crippen molar-refractivity contribution in [2.24, 2.45) is 0 Å². The number of carbonyl (C=O) groups is 1. The van der Waals surface area contributed by atoms with Crippen molar-refractivity contribution in [1.29, 1.82) is 0 Å². The van der Waals surface area contributed by atoms with Gasteiger partial charge in [-0.3, -0.25) is 9.48 Å². The first-order chi connectivity index (χ1) is 13.5. The molecule has 0 aliphatic carbocycles. The lowest BCUT2D eigenvalue weighted by atomic mass is 10.2. The number of hydrogen-bond donors (Lipinski definition) is 0. The summed E-state index contributed by atoms with van der Waals surface area (Å²) in [6, 6.07) is 3.86. The summed E-state index contributed by atoms with van der Waals surface area (Å²) in [6.45, 7) is 8.17. The fourth-order valence-corrected chi connectivity index (χ4v) is 5.56. The predicted octanol–water partition coefficient (Wildman–Crippen LogP) is 3.02. The Balaban J connectivity index is 1.76. The topological polar surface area (TPSA) is 75.5 Å². The van der Waals surface area contributed by atoms with Gasteiger partial charge in [0.25, 0.3) is 5.91 Å². The Labute approximate surface area is 175 Å². The van der Waals surface area contributed by atoms with Crippen molar-refractivity contribution in [3.05, 3.63) is 46.0 Å². The number of sulfonamides is 1. The summed E-state index contributed by atoms with van der Waals surface area (Å²) in [7, 11) is -3.72. The molecule has 2 aromatic rings. The van der Waals surface area contributed by atoms with Crippen LogP contribution in [0.25, 0.3) is 0 Å². The third-order valence-corrected chi connectivity index (χ3v) is 7.48. The Morgan fingerprint density at radius 1 is 1.17 bits per heavy atom. The van der Waals surface area contributed by atoms with E-state index in [1.54, 1.807) is 23.4 Å². The number of halogens is 2. The highest BCUT2D eigenvalue weighted by atomic mass is 35.5. The second kappa shape index (κ2) is 8.04. The van der Waals surface area contributed by atoms with Gasteiger partial charge in [0.15, 0.2) is 0 Å². The summed E-state index contributed by atoms with van der Waals surface area (Å²) in [5.74, 6) is -0.893. The number of carbonyl (C=O) groups excluding carboxylic acids is 1. The second-order valence-electron chi connectivity index (χ2n) is 7.36. The molecule has 0 bridgehead atoms. The Kier molecular flexibility index (Phi) is 6.03. The first-order valence-corrected chi connectivity index (χ1v) is 11.2. The number of aromatic nitrogens is 2. The summed E-state index contributed by atoms with van der Waals surface area (Å²) >= 11 is 5.76. The van der Waals surface area contributed by atoms with Crippen molar-refractivity contribution in [1.82, 2.24) is 19.0 Å². The quantitative estimate of drug-likeness (QED) is 0.729. The Morgan fingerprint density at radius 2 is 1.79 bits per heavy atom. The number of amides is 1. The van der Waals surface area contributed by atoms with Crippen molar-refractivity contribution in [3.63, 3.8) is 0 Å². The highest BCUT2D eigenvalue weighted by Crippen LogP contribution is 2.26. The molecule has 0 spiro atoms. The van der Waals surface area contributed by atoms with Crippen LogP contribution >= 0.6 is 11.6 Å². The van der Waals surface area contributed by atoms with Crippen LogP contribution in [0, 0.1) is 19.7 Å². The highest BCUT2D eigenvalue weighted by Gasteiger charge is 2.34. The molecule has 0 radical (unpaired) electrons. The molecule has 1 aromatic heterocycles. The molecule has 0 atom stereocenters. The van der Waals surface area contributed by atoms with E-state index in [2.05, 4.69) is 5.10 Å². The summed E-state index contributed by atoms with van der Waals surface area (Å²) < 4.78 is 42.8. The first-order valence-electron chi connectivity index (χ1n) is 9.34. The van der Waals surface area contributed by atoms with Gasteiger partial charge in [-0.2, -0.15) is 9.40 Å². The van der Waals surface area contributed by atoms with Gasteiger partial charge in [-0.1, -0.05) is 11.6 Å². The fraction of sp³-hybridized carbons (Fsp3) is 0.474. The Bertz CT molecular complexity index is 1040. The van der Waals surface area contributed by atoms with Crippen LogP contribution in [-0.2, 0) is 10.0 Å². The lowest BCUT2D eigenvalue weighted by Gasteiger charge is -2.34. The summed E-state index contributed by atoms with van der Waals surface area (Å²) in [4.78, 5) is 14.4. The monoisotopic (exact) mass is 442 g/mol.